The highest BCUT2D eigenvalue weighted by Crippen LogP contribution is 2.33. The molecule has 27 heavy (non-hydrogen) atoms. The van der Waals surface area contributed by atoms with Gasteiger partial charge in [0, 0.05) is 18.7 Å². The molecule has 0 radical (unpaired) electrons. The molecule has 0 fully saturated rings. The van der Waals surface area contributed by atoms with E-state index in [1.807, 2.05) is 6.07 Å². The molecule has 0 saturated carbocycles. The summed E-state index contributed by atoms with van der Waals surface area (Å²) in [6, 6.07) is 6.83. The molecule has 142 valence electrons. The Hall–Kier alpha value is -3.38. The van der Waals surface area contributed by atoms with Crippen molar-refractivity contribution in [2.75, 3.05) is 27.9 Å². The lowest BCUT2D eigenvalue weighted by atomic mass is 10.1. The normalized spacial score (nSPS) is 10.8. The fourth-order valence-corrected chi connectivity index (χ4v) is 2.42. The molecule has 0 saturated heterocycles. The lowest BCUT2D eigenvalue weighted by Gasteiger charge is -2.12. The quantitative estimate of drug-likeness (QED) is 0.747. The van der Waals surface area contributed by atoms with Crippen LogP contribution in [0.5, 0.6) is 17.4 Å². The minimum atomic E-state index is -0.572. The number of hydrogen-bond acceptors (Lipinski definition) is 8. The Morgan fingerprint density at radius 2 is 1.96 bits per heavy atom. The first kappa shape index (κ1) is 19.9. The van der Waals surface area contributed by atoms with Crippen LogP contribution in [0.25, 0.3) is 0 Å². The van der Waals surface area contributed by atoms with Gasteiger partial charge in [0.1, 0.15) is 28.8 Å². The van der Waals surface area contributed by atoms with E-state index < -0.39 is 11.4 Å². The third-order valence-corrected chi connectivity index (χ3v) is 3.93. The highest BCUT2D eigenvalue weighted by molar-refractivity contribution is 5.58. The monoisotopic (exact) mass is 372 g/mol. The first-order chi connectivity index (χ1) is 13.0. The zero-order valence-electron chi connectivity index (χ0n) is 15.5. The van der Waals surface area contributed by atoms with Gasteiger partial charge in [0.15, 0.2) is 5.69 Å². The van der Waals surface area contributed by atoms with Gasteiger partial charge in [-0.2, -0.15) is 5.26 Å². The molecule has 0 atom stereocenters. The lowest BCUT2D eigenvalue weighted by molar-refractivity contribution is 0.182. The Labute approximate surface area is 156 Å². The van der Waals surface area contributed by atoms with Crippen LogP contribution in [0.15, 0.2) is 33.2 Å². The summed E-state index contributed by atoms with van der Waals surface area (Å²) in [5, 5.41) is 27.6. The Morgan fingerprint density at radius 1 is 1.22 bits per heavy atom. The van der Waals surface area contributed by atoms with Gasteiger partial charge in [-0.05, 0) is 19.1 Å². The van der Waals surface area contributed by atoms with Gasteiger partial charge >= 0.3 is 0 Å². The molecule has 2 rings (SSSR count). The molecule has 1 aromatic carbocycles. The molecule has 2 aromatic rings. The summed E-state index contributed by atoms with van der Waals surface area (Å²) in [4.78, 5) is 12.7. The maximum Gasteiger partial charge on any atom is 0.281 e. The Balaban J connectivity index is 2.57. The number of pyridine rings is 1. The summed E-state index contributed by atoms with van der Waals surface area (Å²) in [5.74, 6) is 0.577. The van der Waals surface area contributed by atoms with E-state index >= 15 is 0 Å². The van der Waals surface area contributed by atoms with Crippen LogP contribution in [-0.4, -0.2) is 37.6 Å². The van der Waals surface area contributed by atoms with Crippen LogP contribution in [0.2, 0.25) is 0 Å². The third kappa shape index (κ3) is 4.07. The van der Waals surface area contributed by atoms with Crippen LogP contribution in [-0.2, 0) is 11.3 Å². The van der Waals surface area contributed by atoms with E-state index in [1.54, 1.807) is 18.2 Å². The predicted molar refractivity (Wildman–Crippen MR) is 97.4 cm³/mol. The van der Waals surface area contributed by atoms with Gasteiger partial charge in [0.2, 0.25) is 5.88 Å². The number of azo groups is 1. The Bertz CT molecular complexity index is 960. The van der Waals surface area contributed by atoms with Gasteiger partial charge in [0.05, 0.1) is 27.4 Å². The highest BCUT2D eigenvalue weighted by Gasteiger charge is 2.19. The van der Waals surface area contributed by atoms with E-state index in [1.165, 1.54) is 28.3 Å². The number of nitriles is 1. The van der Waals surface area contributed by atoms with Crippen LogP contribution in [0.1, 0.15) is 11.1 Å². The fraction of sp³-hybridized carbons (Fsp3) is 0.333. The number of benzene rings is 1. The largest absolute Gasteiger partial charge is 0.497 e. The summed E-state index contributed by atoms with van der Waals surface area (Å²) in [6.45, 7) is 1.79. The van der Waals surface area contributed by atoms with Crippen LogP contribution < -0.4 is 15.0 Å². The molecule has 9 nitrogen and oxygen atoms in total. The molecule has 0 aliphatic carbocycles. The van der Waals surface area contributed by atoms with Gasteiger partial charge in [-0.3, -0.25) is 9.36 Å². The maximum absolute atomic E-state index is 12.7. The number of aromatic hydroxyl groups is 1. The van der Waals surface area contributed by atoms with Crippen molar-refractivity contribution in [3.8, 4) is 23.4 Å². The van der Waals surface area contributed by atoms with Gasteiger partial charge < -0.3 is 19.3 Å². The second-order valence-electron chi connectivity index (χ2n) is 5.47. The van der Waals surface area contributed by atoms with Gasteiger partial charge in [-0.15, -0.1) is 10.2 Å². The molecule has 0 spiro atoms. The zero-order chi connectivity index (χ0) is 20.0. The molecule has 1 heterocycles. The van der Waals surface area contributed by atoms with Crippen LogP contribution >= 0.6 is 0 Å². The number of nitrogens with zero attached hydrogens (tertiary/aromatic N) is 4. The van der Waals surface area contributed by atoms with Crippen molar-refractivity contribution in [1.29, 1.82) is 5.26 Å². The SMILES string of the molecule is COCCn1c(O)c(C#N)c(C)c(N=Nc2ccc(OC)cc2OC)c1=O. The summed E-state index contributed by atoms with van der Waals surface area (Å²) in [6.07, 6.45) is 0. The van der Waals surface area contributed by atoms with Crippen molar-refractivity contribution >= 4 is 11.4 Å². The molecule has 0 aliphatic rings. The standard InChI is InChI=1S/C18H20N4O5/c1-11-13(10-19)17(23)22(7-8-25-2)18(24)16(11)21-20-14-6-5-12(26-3)9-15(14)27-4/h5-6,9,23H,7-8H2,1-4H3. The summed E-state index contributed by atoms with van der Waals surface area (Å²) < 4.78 is 16.4. The highest BCUT2D eigenvalue weighted by atomic mass is 16.5. The van der Waals surface area contributed by atoms with Crippen LogP contribution in [0, 0.1) is 18.3 Å². The van der Waals surface area contributed by atoms with Crippen molar-refractivity contribution in [2.24, 2.45) is 10.2 Å². The second kappa shape index (κ2) is 8.82. The second-order valence-corrected chi connectivity index (χ2v) is 5.47. The molecular weight excluding hydrogens is 352 g/mol. The van der Waals surface area contributed by atoms with Crippen LogP contribution in [0.3, 0.4) is 0 Å². The first-order valence-electron chi connectivity index (χ1n) is 7.97. The minimum absolute atomic E-state index is 0.0404. The first-order valence-corrected chi connectivity index (χ1v) is 7.97. The van der Waals surface area contributed by atoms with E-state index in [9.17, 15) is 15.2 Å². The van der Waals surface area contributed by atoms with E-state index in [0.717, 1.165) is 4.57 Å². The fourth-order valence-electron chi connectivity index (χ4n) is 2.42. The van der Waals surface area contributed by atoms with Crippen molar-refractivity contribution in [3.05, 3.63) is 39.7 Å². The molecular formula is C18H20N4O5. The van der Waals surface area contributed by atoms with Gasteiger partial charge in [-0.25, -0.2) is 0 Å². The molecule has 1 aromatic heterocycles. The van der Waals surface area contributed by atoms with Crippen LogP contribution in [0.4, 0.5) is 11.4 Å². The van der Waals surface area contributed by atoms with E-state index in [0.29, 0.717) is 17.2 Å². The summed E-state index contributed by atoms with van der Waals surface area (Å²) in [7, 11) is 4.48. The van der Waals surface area contributed by atoms with Crippen molar-refractivity contribution in [3.63, 3.8) is 0 Å². The molecule has 1 N–H and O–H groups in total. The Morgan fingerprint density at radius 3 is 2.56 bits per heavy atom. The van der Waals surface area contributed by atoms with Crippen molar-refractivity contribution in [1.82, 2.24) is 4.57 Å². The minimum Gasteiger partial charge on any atom is -0.497 e. The van der Waals surface area contributed by atoms with E-state index in [4.69, 9.17) is 14.2 Å². The zero-order valence-corrected chi connectivity index (χ0v) is 15.5. The number of aromatic nitrogens is 1. The van der Waals surface area contributed by atoms with E-state index in [-0.39, 0.29) is 30.0 Å². The average molecular weight is 372 g/mol. The molecule has 0 aliphatic heterocycles. The topological polar surface area (TPSA) is 118 Å². The van der Waals surface area contributed by atoms with E-state index in [2.05, 4.69) is 10.2 Å². The third-order valence-electron chi connectivity index (χ3n) is 3.93. The molecule has 0 bridgehead atoms. The average Bonchev–Trinajstić information content (AvgIpc) is 2.68. The van der Waals surface area contributed by atoms with Crippen molar-refractivity contribution in [2.45, 2.75) is 13.5 Å². The summed E-state index contributed by atoms with van der Waals surface area (Å²) >= 11 is 0. The number of rotatable bonds is 7. The van der Waals surface area contributed by atoms with Gasteiger partial charge in [0.25, 0.3) is 5.56 Å². The summed E-state index contributed by atoms with van der Waals surface area (Å²) in [5.41, 5.74) is -0.0334. The van der Waals surface area contributed by atoms with Gasteiger partial charge in [-0.1, -0.05) is 0 Å². The molecule has 0 unspecified atom stereocenters. The number of ether oxygens (including phenoxy) is 3. The molecule has 0 amide bonds. The maximum atomic E-state index is 12.7. The molecule has 9 heteroatoms. The lowest BCUT2D eigenvalue weighted by Crippen LogP contribution is -2.23. The predicted octanol–water partition coefficient (Wildman–Crippen LogP) is 2.81. The smallest absolute Gasteiger partial charge is 0.281 e. The Kier molecular flexibility index (Phi) is 6.51. The van der Waals surface area contributed by atoms with Crippen molar-refractivity contribution < 1.29 is 19.3 Å². The number of methoxy groups -OCH3 is 3. The number of hydrogen-bond donors (Lipinski definition) is 1.